The minimum absolute atomic E-state index is 0.452. The Hall–Kier alpha value is -2.37. The zero-order valence-corrected chi connectivity index (χ0v) is 11.0. The van der Waals surface area contributed by atoms with Gasteiger partial charge in [-0.25, -0.2) is 9.66 Å². The molecule has 1 aromatic carbocycles. The maximum Gasteiger partial charge on any atom is 0.162 e. The molecule has 4 N–H and O–H groups in total. The summed E-state index contributed by atoms with van der Waals surface area (Å²) in [6.07, 6.45) is 2.27. The van der Waals surface area contributed by atoms with Gasteiger partial charge in [-0.1, -0.05) is 0 Å². The van der Waals surface area contributed by atoms with E-state index in [1.165, 1.54) is 4.68 Å². The molecule has 2 heterocycles. The highest BCUT2D eigenvalue weighted by Crippen LogP contribution is 2.42. The van der Waals surface area contributed by atoms with Crippen molar-refractivity contribution in [3.8, 4) is 22.8 Å². The van der Waals surface area contributed by atoms with Gasteiger partial charge in [0.15, 0.2) is 17.3 Å². The van der Waals surface area contributed by atoms with Gasteiger partial charge < -0.3 is 21.1 Å². The summed E-state index contributed by atoms with van der Waals surface area (Å²) in [6, 6.07) is 5.72. The molecule has 2 aliphatic rings. The summed E-state index contributed by atoms with van der Waals surface area (Å²) in [5.41, 5.74) is 7.70. The topological polar surface area (TPSA) is 88.3 Å². The molecule has 6 nitrogen and oxygen atoms in total. The third-order valence-corrected chi connectivity index (χ3v) is 3.73. The van der Waals surface area contributed by atoms with Gasteiger partial charge in [0.2, 0.25) is 0 Å². The van der Waals surface area contributed by atoms with Gasteiger partial charge in [-0.2, -0.15) is 0 Å². The van der Waals surface area contributed by atoms with Gasteiger partial charge in [0.1, 0.15) is 24.7 Å². The van der Waals surface area contributed by atoms with Crippen LogP contribution in [0.25, 0.3) is 11.3 Å². The molecule has 0 amide bonds. The maximum absolute atomic E-state index is 6.08. The Morgan fingerprint density at radius 1 is 1.15 bits per heavy atom. The molecule has 20 heavy (non-hydrogen) atoms. The zero-order valence-electron chi connectivity index (χ0n) is 11.0. The van der Waals surface area contributed by atoms with Gasteiger partial charge in [-0.05, 0) is 31.0 Å². The lowest BCUT2D eigenvalue weighted by Crippen LogP contribution is -2.15. The van der Waals surface area contributed by atoms with Crippen LogP contribution in [0, 0.1) is 0 Å². The molecule has 1 aliphatic carbocycles. The van der Waals surface area contributed by atoms with Crippen molar-refractivity contribution in [1.29, 1.82) is 0 Å². The lowest BCUT2D eigenvalue weighted by molar-refractivity contribution is 0.171. The van der Waals surface area contributed by atoms with Crippen molar-refractivity contribution in [1.82, 2.24) is 9.66 Å². The molecule has 0 spiro atoms. The number of anilines is 1. The van der Waals surface area contributed by atoms with Crippen molar-refractivity contribution in [3.05, 3.63) is 24.0 Å². The first-order chi connectivity index (χ1) is 9.74. The molecule has 0 atom stereocenters. The number of ether oxygens (including phenoxy) is 2. The van der Waals surface area contributed by atoms with Crippen molar-refractivity contribution in [3.63, 3.8) is 0 Å². The van der Waals surface area contributed by atoms with E-state index in [9.17, 15) is 0 Å². The largest absolute Gasteiger partial charge is 0.486 e. The maximum atomic E-state index is 6.08. The average Bonchev–Trinajstić information content (AvgIpc) is 3.27. The molecule has 1 saturated carbocycles. The molecule has 0 radical (unpaired) electrons. The van der Waals surface area contributed by atoms with Gasteiger partial charge in [0.25, 0.3) is 0 Å². The first kappa shape index (κ1) is 11.5. The number of fused-ring (bicyclic) bond motifs is 1. The van der Waals surface area contributed by atoms with Gasteiger partial charge >= 0.3 is 0 Å². The third kappa shape index (κ3) is 1.68. The molecule has 6 heteroatoms. The minimum atomic E-state index is 0.452. The molecular weight excluding hydrogens is 256 g/mol. The molecule has 2 aromatic rings. The number of nitrogens with two attached hydrogens (primary N) is 2. The summed E-state index contributed by atoms with van der Waals surface area (Å²) in [7, 11) is 0. The lowest BCUT2D eigenvalue weighted by atomic mass is 10.1. The van der Waals surface area contributed by atoms with Crippen LogP contribution in [0.15, 0.2) is 18.2 Å². The molecular formula is C14H16N4O2. The van der Waals surface area contributed by atoms with E-state index >= 15 is 0 Å². The second-order valence-electron chi connectivity index (χ2n) is 5.21. The van der Waals surface area contributed by atoms with Crippen molar-refractivity contribution in [2.24, 2.45) is 0 Å². The highest BCUT2D eigenvalue weighted by atomic mass is 16.6. The molecule has 0 bridgehead atoms. The summed E-state index contributed by atoms with van der Waals surface area (Å²) in [6.45, 7) is 1.14. The summed E-state index contributed by atoms with van der Waals surface area (Å²) in [5, 5.41) is 0. The van der Waals surface area contributed by atoms with Crippen LogP contribution in [0.3, 0.4) is 0 Å². The number of nitrogen functional groups attached to an aromatic ring is 2. The quantitative estimate of drug-likeness (QED) is 0.809. The average molecular weight is 272 g/mol. The summed E-state index contributed by atoms with van der Waals surface area (Å²) in [5.74, 6) is 9.29. The van der Waals surface area contributed by atoms with Crippen LogP contribution in [-0.2, 0) is 0 Å². The highest BCUT2D eigenvalue weighted by Gasteiger charge is 2.30. The lowest BCUT2D eigenvalue weighted by Gasteiger charge is -2.18. The number of hydrogen-bond acceptors (Lipinski definition) is 5. The Labute approximate surface area is 116 Å². The predicted molar refractivity (Wildman–Crippen MR) is 75.2 cm³/mol. The Kier molecular flexibility index (Phi) is 2.33. The van der Waals surface area contributed by atoms with E-state index in [1.807, 2.05) is 18.2 Å². The number of benzene rings is 1. The van der Waals surface area contributed by atoms with Crippen molar-refractivity contribution in [2.75, 3.05) is 24.8 Å². The first-order valence-corrected chi connectivity index (χ1v) is 6.77. The van der Waals surface area contributed by atoms with Crippen molar-refractivity contribution < 1.29 is 9.47 Å². The van der Waals surface area contributed by atoms with Crippen molar-refractivity contribution >= 4 is 5.82 Å². The Balaban J connectivity index is 1.79. The summed E-state index contributed by atoms with van der Waals surface area (Å²) < 4.78 is 12.6. The van der Waals surface area contributed by atoms with Gasteiger partial charge in [0, 0.05) is 11.5 Å². The normalized spacial score (nSPS) is 17.2. The van der Waals surface area contributed by atoms with Crippen molar-refractivity contribution in [2.45, 2.75) is 18.8 Å². The molecule has 4 rings (SSSR count). The Morgan fingerprint density at radius 2 is 1.90 bits per heavy atom. The van der Waals surface area contributed by atoms with E-state index in [0.717, 1.165) is 35.7 Å². The molecule has 1 fully saturated rings. The van der Waals surface area contributed by atoms with Gasteiger partial charge in [-0.15, -0.1) is 0 Å². The van der Waals surface area contributed by atoms with Crippen LogP contribution >= 0.6 is 0 Å². The van der Waals surface area contributed by atoms with Gasteiger partial charge in [0.05, 0.1) is 0 Å². The second kappa shape index (κ2) is 4.06. The molecule has 104 valence electrons. The number of rotatable bonds is 2. The number of imidazole rings is 1. The molecule has 0 saturated heterocycles. The fourth-order valence-corrected chi connectivity index (χ4v) is 2.50. The van der Waals surface area contributed by atoms with E-state index in [-0.39, 0.29) is 0 Å². The first-order valence-electron chi connectivity index (χ1n) is 6.77. The van der Waals surface area contributed by atoms with E-state index in [4.69, 9.17) is 21.1 Å². The van der Waals surface area contributed by atoms with Crippen LogP contribution in [0.4, 0.5) is 5.82 Å². The predicted octanol–water partition coefficient (Wildman–Crippen LogP) is 1.49. The van der Waals surface area contributed by atoms with E-state index in [2.05, 4.69) is 4.98 Å². The summed E-state index contributed by atoms with van der Waals surface area (Å²) >= 11 is 0. The minimum Gasteiger partial charge on any atom is -0.486 e. The standard InChI is InChI=1S/C14H16N4O2/c15-13-12(17-14(18(13)16)8-1-2-8)9-3-4-10-11(7-9)20-6-5-19-10/h3-4,7-8H,1-2,5-6,15-16H2. The van der Waals surface area contributed by atoms with E-state index < -0.39 is 0 Å². The van der Waals surface area contributed by atoms with Crippen LogP contribution in [-0.4, -0.2) is 22.9 Å². The zero-order chi connectivity index (χ0) is 13.7. The van der Waals surface area contributed by atoms with Crippen LogP contribution in [0.5, 0.6) is 11.5 Å². The molecule has 0 unspecified atom stereocenters. The SMILES string of the molecule is Nc1c(-c2ccc3c(c2)OCCO3)nc(C2CC2)n1N. The molecule has 1 aromatic heterocycles. The van der Waals surface area contributed by atoms with E-state index in [1.54, 1.807) is 0 Å². The number of hydrogen-bond donors (Lipinski definition) is 2. The number of aromatic nitrogens is 2. The summed E-state index contributed by atoms with van der Waals surface area (Å²) in [4.78, 5) is 4.61. The Morgan fingerprint density at radius 3 is 2.65 bits per heavy atom. The smallest absolute Gasteiger partial charge is 0.162 e. The van der Waals surface area contributed by atoms with Crippen LogP contribution < -0.4 is 21.1 Å². The second-order valence-corrected chi connectivity index (χ2v) is 5.21. The fourth-order valence-electron chi connectivity index (χ4n) is 2.50. The van der Waals surface area contributed by atoms with E-state index in [0.29, 0.717) is 30.6 Å². The van der Waals surface area contributed by atoms with Crippen LogP contribution in [0.1, 0.15) is 24.6 Å². The number of nitrogens with zero attached hydrogens (tertiary/aromatic N) is 2. The van der Waals surface area contributed by atoms with Crippen LogP contribution in [0.2, 0.25) is 0 Å². The molecule has 1 aliphatic heterocycles. The fraction of sp³-hybridized carbons (Fsp3) is 0.357. The third-order valence-electron chi connectivity index (χ3n) is 3.73. The van der Waals surface area contributed by atoms with Gasteiger partial charge in [-0.3, -0.25) is 0 Å². The monoisotopic (exact) mass is 272 g/mol. The Bertz CT molecular complexity index is 676. The highest BCUT2D eigenvalue weighted by molar-refractivity contribution is 5.73.